The van der Waals surface area contributed by atoms with Gasteiger partial charge in [0.1, 0.15) is 6.07 Å². The van der Waals surface area contributed by atoms with Gasteiger partial charge in [-0.15, -0.1) is 0 Å². The Balaban J connectivity index is 2.82. The van der Waals surface area contributed by atoms with Crippen LogP contribution >= 0.6 is 0 Å². The SMILES string of the molecule is CC(C)CN(NC(=O)N(CCCCCNC(=O)O)C(C)(C)C)c1ccnc(C#N)n1. The molecule has 0 bridgehead atoms. The molecule has 0 saturated heterocycles. The highest BCUT2D eigenvalue weighted by atomic mass is 16.4. The molecule has 0 aliphatic carbocycles. The lowest BCUT2D eigenvalue weighted by Crippen LogP contribution is -2.56. The van der Waals surface area contributed by atoms with Gasteiger partial charge in [-0.2, -0.15) is 10.2 Å². The molecule has 0 radical (unpaired) electrons. The Kier molecular flexibility index (Phi) is 9.81. The summed E-state index contributed by atoms with van der Waals surface area (Å²) >= 11 is 0. The normalized spacial score (nSPS) is 11.0. The molecule has 0 fully saturated rings. The number of unbranched alkanes of at least 4 members (excludes halogenated alkanes) is 2. The van der Waals surface area contributed by atoms with Gasteiger partial charge in [0.2, 0.25) is 5.82 Å². The van der Waals surface area contributed by atoms with Crippen molar-refractivity contribution in [1.82, 2.24) is 25.6 Å². The van der Waals surface area contributed by atoms with Crippen molar-refractivity contribution in [3.05, 3.63) is 18.1 Å². The van der Waals surface area contributed by atoms with Crippen molar-refractivity contribution >= 4 is 17.9 Å². The third-order valence-electron chi connectivity index (χ3n) is 4.19. The molecule has 3 amide bonds. The molecule has 0 unspecified atom stereocenters. The molecule has 0 atom stereocenters. The van der Waals surface area contributed by atoms with Crippen LogP contribution in [0.15, 0.2) is 12.3 Å². The lowest BCUT2D eigenvalue weighted by molar-refractivity contribution is 0.142. The number of carbonyl (C=O) groups excluding carboxylic acids is 1. The molecular formula is C20H33N7O3. The molecule has 0 saturated carbocycles. The summed E-state index contributed by atoms with van der Waals surface area (Å²) in [5, 5.41) is 21.7. The Labute approximate surface area is 178 Å². The minimum absolute atomic E-state index is 0.0400. The number of urea groups is 1. The molecule has 1 heterocycles. The summed E-state index contributed by atoms with van der Waals surface area (Å²) in [5.74, 6) is 0.742. The van der Waals surface area contributed by atoms with E-state index in [-0.39, 0.29) is 17.8 Å². The van der Waals surface area contributed by atoms with E-state index in [1.54, 1.807) is 16.0 Å². The van der Waals surface area contributed by atoms with Crippen LogP contribution in [0, 0.1) is 17.2 Å². The number of hydrogen-bond donors (Lipinski definition) is 3. The Hall–Kier alpha value is -3.09. The Morgan fingerprint density at radius 2 is 1.97 bits per heavy atom. The van der Waals surface area contributed by atoms with Crippen molar-refractivity contribution in [2.45, 2.75) is 59.4 Å². The minimum Gasteiger partial charge on any atom is -0.465 e. The highest BCUT2D eigenvalue weighted by molar-refractivity contribution is 5.76. The molecule has 10 nitrogen and oxygen atoms in total. The van der Waals surface area contributed by atoms with Crippen molar-refractivity contribution in [2.75, 3.05) is 24.6 Å². The summed E-state index contributed by atoms with van der Waals surface area (Å²) in [6.07, 6.45) is 2.73. The second-order valence-corrected chi connectivity index (χ2v) is 8.39. The second kappa shape index (κ2) is 11.8. The van der Waals surface area contributed by atoms with Gasteiger partial charge >= 0.3 is 12.1 Å². The zero-order chi connectivity index (χ0) is 22.7. The fourth-order valence-corrected chi connectivity index (χ4v) is 2.80. The van der Waals surface area contributed by atoms with E-state index >= 15 is 0 Å². The fourth-order valence-electron chi connectivity index (χ4n) is 2.80. The van der Waals surface area contributed by atoms with Crippen LogP contribution in [0.3, 0.4) is 0 Å². The van der Waals surface area contributed by atoms with Gasteiger partial charge in [-0.05, 0) is 46.0 Å². The predicted octanol–water partition coefficient (Wildman–Crippen LogP) is 2.97. The van der Waals surface area contributed by atoms with Crippen LogP contribution in [-0.4, -0.2) is 57.3 Å². The Bertz CT molecular complexity index is 741. The summed E-state index contributed by atoms with van der Waals surface area (Å²) in [4.78, 5) is 33.4. The number of nitriles is 1. The topological polar surface area (TPSA) is 134 Å². The van der Waals surface area contributed by atoms with Crippen molar-refractivity contribution in [3.8, 4) is 6.07 Å². The van der Waals surface area contributed by atoms with Crippen molar-refractivity contribution in [1.29, 1.82) is 5.26 Å². The summed E-state index contributed by atoms with van der Waals surface area (Å²) in [7, 11) is 0. The van der Waals surface area contributed by atoms with Crippen molar-refractivity contribution in [3.63, 3.8) is 0 Å². The first-order valence-electron chi connectivity index (χ1n) is 10.1. The number of hydrogen-bond acceptors (Lipinski definition) is 6. The van der Waals surface area contributed by atoms with Crippen molar-refractivity contribution < 1.29 is 14.7 Å². The maximum atomic E-state index is 13.1. The van der Waals surface area contributed by atoms with E-state index in [0.717, 1.165) is 12.8 Å². The standard InChI is InChI=1S/C20H33N7O3/c1-15(2)14-27(17-9-11-22-16(13-21)24-17)25-18(28)26(20(3,4)5)12-8-6-7-10-23-19(29)30/h9,11,15,23H,6-8,10,12,14H2,1-5H3,(H,25,28)(H,29,30). The third-order valence-corrected chi connectivity index (χ3v) is 4.19. The first-order valence-corrected chi connectivity index (χ1v) is 10.1. The van der Waals surface area contributed by atoms with Gasteiger partial charge in [-0.1, -0.05) is 13.8 Å². The number of carbonyl (C=O) groups is 2. The van der Waals surface area contributed by atoms with Gasteiger partial charge in [0.15, 0.2) is 5.82 Å². The van der Waals surface area contributed by atoms with E-state index in [2.05, 4.69) is 20.7 Å². The number of carboxylic acid groups (broad SMARTS) is 1. The molecule has 0 aromatic carbocycles. The summed E-state index contributed by atoms with van der Waals surface area (Å²) in [5.41, 5.74) is 2.51. The van der Waals surface area contributed by atoms with Gasteiger partial charge in [-0.25, -0.2) is 20.0 Å². The summed E-state index contributed by atoms with van der Waals surface area (Å²) in [6.45, 7) is 11.4. The summed E-state index contributed by atoms with van der Waals surface area (Å²) < 4.78 is 0. The third kappa shape index (κ3) is 8.94. The van der Waals surface area contributed by atoms with Crippen LogP contribution in [0.4, 0.5) is 15.4 Å². The van der Waals surface area contributed by atoms with E-state index in [1.807, 2.05) is 40.7 Å². The molecular weight excluding hydrogens is 386 g/mol. The smallest absolute Gasteiger partial charge is 0.404 e. The zero-order valence-electron chi connectivity index (χ0n) is 18.5. The molecule has 1 aromatic heterocycles. The minimum atomic E-state index is -1.03. The zero-order valence-corrected chi connectivity index (χ0v) is 18.5. The van der Waals surface area contributed by atoms with Gasteiger partial charge < -0.3 is 15.3 Å². The van der Waals surface area contributed by atoms with E-state index in [4.69, 9.17) is 10.4 Å². The quantitative estimate of drug-likeness (QED) is 0.392. The number of nitrogens with zero attached hydrogens (tertiary/aromatic N) is 5. The predicted molar refractivity (Wildman–Crippen MR) is 114 cm³/mol. The highest BCUT2D eigenvalue weighted by Gasteiger charge is 2.27. The highest BCUT2D eigenvalue weighted by Crippen LogP contribution is 2.17. The lowest BCUT2D eigenvalue weighted by atomic mass is 10.1. The average Bonchev–Trinajstić information content (AvgIpc) is 2.65. The number of rotatable bonds is 10. The molecule has 166 valence electrons. The second-order valence-electron chi connectivity index (χ2n) is 8.39. The Morgan fingerprint density at radius 1 is 1.27 bits per heavy atom. The number of hydrazine groups is 1. The maximum absolute atomic E-state index is 13.1. The summed E-state index contributed by atoms with van der Waals surface area (Å²) in [6, 6.07) is 3.31. The van der Waals surface area contributed by atoms with E-state index < -0.39 is 11.6 Å². The monoisotopic (exact) mass is 419 g/mol. The van der Waals surface area contributed by atoms with Gasteiger partial charge in [0.25, 0.3) is 0 Å². The largest absolute Gasteiger partial charge is 0.465 e. The molecule has 0 aliphatic rings. The Morgan fingerprint density at radius 3 is 2.53 bits per heavy atom. The molecule has 1 aromatic rings. The lowest BCUT2D eigenvalue weighted by Gasteiger charge is -2.38. The van der Waals surface area contributed by atoms with Crippen LogP contribution in [0.25, 0.3) is 0 Å². The van der Waals surface area contributed by atoms with Crippen molar-refractivity contribution in [2.24, 2.45) is 5.92 Å². The van der Waals surface area contributed by atoms with Gasteiger partial charge in [0.05, 0.1) is 0 Å². The van der Waals surface area contributed by atoms with Crippen LogP contribution in [-0.2, 0) is 0 Å². The van der Waals surface area contributed by atoms with Crippen LogP contribution in [0.5, 0.6) is 0 Å². The fraction of sp³-hybridized carbons (Fsp3) is 0.650. The maximum Gasteiger partial charge on any atom is 0.404 e. The molecule has 0 spiro atoms. The molecule has 3 N–H and O–H groups in total. The van der Waals surface area contributed by atoms with Crippen LogP contribution in [0.1, 0.15) is 59.7 Å². The van der Waals surface area contributed by atoms with E-state index in [1.165, 1.54) is 6.20 Å². The molecule has 0 aliphatic heterocycles. The molecule has 10 heteroatoms. The average molecular weight is 420 g/mol. The number of aromatic nitrogens is 2. The first-order chi connectivity index (χ1) is 14.0. The first kappa shape index (κ1) is 24.9. The van der Waals surface area contributed by atoms with E-state index in [9.17, 15) is 9.59 Å². The van der Waals surface area contributed by atoms with Gasteiger partial charge in [-0.3, -0.25) is 5.01 Å². The van der Waals surface area contributed by atoms with E-state index in [0.29, 0.717) is 31.9 Å². The number of amides is 3. The van der Waals surface area contributed by atoms with Gasteiger partial charge in [0, 0.05) is 37.4 Å². The number of anilines is 1. The molecule has 30 heavy (non-hydrogen) atoms. The molecule has 1 rings (SSSR count). The van der Waals surface area contributed by atoms with Crippen LogP contribution < -0.4 is 15.8 Å². The number of nitrogens with one attached hydrogen (secondary N) is 2. The van der Waals surface area contributed by atoms with Crippen LogP contribution in [0.2, 0.25) is 0 Å².